The van der Waals surface area contributed by atoms with Crippen LogP contribution in [0.5, 0.6) is 5.75 Å². The van der Waals surface area contributed by atoms with Gasteiger partial charge in [-0.05, 0) is 16.8 Å². The number of hydrogen-bond acceptors (Lipinski definition) is 4. The summed E-state index contributed by atoms with van der Waals surface area (Å²) in [5.41, 5.74) is 0.892. The Bertz CT molecular complexity index is 795. The predicted octanol–water partition coefficient (Wildman–Crippen LogP) is 3.67. The van der Waals surface area contributed by atoms with Gasteiger partial charge in [0.2, 0.25) is 0 Å². The highest BCUT2D eigenvalue weighted by molar-refractivity contribution is 7.13. The molecule has 0 radical (unpaired) electrons. The Balaban J connectivity index is 2.29. The third-order valence-corrected chi connectivity index (χ3v) is 3.91. The first kappa shape index (κ1) is 12.6. The van der Waals surface area contributed by atoms with Crippen molar-refractivity contribution in [2.75, 3.05) is 7.11 Å². The topological polar surface area (TPSA) is 59.4 Å². The quantitative estimate of drug-likeness (QED) is 0.797. The number of aromatic nitrogens is 1. The molecule has 0 saturated heterocycles. The molecule has 0 spiro atoms. The van der Waals surface area contributed by atoms with Crippen molar-refractivity contribution in [3.63, 3.8) is 0 Å². The lowest BCUT2D eigenvalue weighted by molar-refractivity contribution is 0.0691. The highest BCUT2D eigenvalue weighted by atomic mass is 32.1. The number of methoxy groups -OCH3 is 1. The summed E-state index contributed by atoms with van der Waals surface area (Å²) < 4.78 is 5.40. The van der Waals surface area contributed by atoms with E-state index >= 15 is 0 Å². The van der Waals surface area contributed by atoms with Crippen LogP contribution in [0.3, 0.4) is 0 Å². The second-order valence-electron chi connectivity index (χ2n) is 4.21. The molecule has 4 nitrogen and oxygen atoms in total. The summed E-state index contributed by atoms with van der Waals surface area (Å²) in [6.07, 6.45) is 0. The molecule has 5 heteroatoms. The number of ether oxygens (including phenoxy) is 1. The number of aromatic carboxylic acids is 1. The molecule has 0 aliphatic rings. The van der Waals surface area contributed by atoms with Gasteiger partial charge < -0.3 is 9.84 Å². The molecule has 1 N–H and O–H groups in total. The summed E-state index contributed by atoms with van der Waals surface area (Å²) in [6, 6.07) is 11.7. The van der Waals surface area contributed by atoms with E-state index in [-0.39, 0.29) is 5.69 Å². The molecule has 2 aromatic carbocycles. The lowest BCUT2D eigenvalue weighted by atomic mass is 10.0. The number of carboxylic acid groups (broad SMARTS) is 1. The number of thiazole rings is 1. The van der Waals surface area contributed by atoms with Gasteiger partial charge in [0.25, 0.3) is 0 Å². The molecule has 0 bridgehead atoms. The maximum absolute atomic E-state index is 11.0. The SMILES string of the molecule is COc1ccc2ccccc2c1-c1nc(C(=O)O)cs1. The smallest absolute Gasteiger partial charge is 0.355 e. The van der Waals surface area contributed by atoms with E-state index in [0.29, 0.717) is 10.8 Å². The maximum atomic E-state index is 11.0. The average Bonchev–Trinajstić information content (AvgIpc) is 2.95. The Morgan fingerprint density at radius 1 is 1.25 bits per heavy atom. The summed E-state index contributed by atoms with van der Waals surface area (Å²) >= 11 is 1.30. The van der Waals surface area contributed by atoms with Crippen LogP contribution >= 0.6 is 11.3 Å². The van der Waals surface area contributed by atoms with Crippen LogP contribution in [0.15, 0.2) is 41.8 Å². The summed E-state index contributed by atoms with van der Waals surface area (Å²) in [7, 11) is 1.60. The number of rotatable bonds is 3. The largest absolute Gasteiger partial charge is 0.496 e. The van der Waals surface area contributed by atoms with E-state index in [1.807, 2.05) is 36.4 Å². The van der Waals surface area contributed by atoms with Crippen molar-refractivity contribution in [1.29, 1.82) is 0 Å². The van der Waals surface area contributed by atoms with Crippen LogP contribution in [0.25, 0.3) is 21.3 Å². The molecule has 1 heterocycles. The molecule has 0 aliphatic heterocycles. The van der Waals surface area contributed by atoms with E-state index in [4.69, 9.17) is 9.84 Å². The van der Waals surface area contributed by atoms with E-state index in [9.17, 15) is 4.79 Å². The fraction of sp³-hybridized carbons (Fsp3) is 0.0667. The zero-order chi connectivity index (χ0) is 14.1. The van der Waals surface area contributed by atoms with Crippen molar-refractivity contribution in [2.45, 2.75) is 0 Å². The van der Waals surface area contributed by atoms with Crippen LogP contribution < -0.4 is 4.74 Å². The molecule has 1 aromatic heterocycles. The van der Waals surface area contributed by atoms with Crippen molar-refractivity contribution in [1.82, 2.24) is 4.98 Å². The molecule has 3 aromatic rings. The molecule has 20 heavy (non-hydrogen) atoms. The summed E-state index contributed by atoms with van der Waals surface area (Å²) in [5, 5.41) is 13.3. The summed E-state index contributed by atoms with van der Waals surface area (Å²) in [6.45, 7) is 0. The van der Waals surface area contributed by atoms with E-state index in [0.717, 1.165) is 16.3 Å². The van der Waals surface area contributed by atoms with Crippen molar-refractivity contribution in [3.05, 3.63) is 47.5 Å². The first-order valence-electron chi connectivity index (χ1n) is 5.95. The number of hydrogen-bond donors (Lipinski definition) is 1. The molecule has 0 fully saturated rings. The summed E-state index contributed by atoms with van der Waals surface area (Å²) in [5.74, 6) is -0.332. The zero-order valence-corrected chi connectivity index (χ0v) is 11.5. The minimum Gasteiger partial charge on any atom is -0.496 e. The Kier molecular flexibility index (Phi) is 3.12. The fourth-order valence-corrected chi connectivity index (χ4v) is 2.99. The van der Waals surface area contributed by atoms with Crippen LogP contribution in [0.1, 0.15) is 10.5 Å². The van der Waals surface area contributed by atoms with Crippen molar-refractivity contribution in [2.24, 2.45) is 0 Å². The first-order valence-corrected chi connectivity index (χ1v) is 6.83. The molecule has 0 unspecified atom stereocenters. The Labute approximate surface area is 119 Å². The molecular formula is C15H11NO3S. The number of fused-ring (bicyclic) bond motifs is 1. The lowest BCUT2D eigenvalue weighted by Gasteiger charge is -2.09. The maximum Gasteiger partial charge on any atom is 0.355 e. The highest BCUT2D eigenvalue weighted by Crippen LogP contribution is 2.38. The van der Waals surface area contributed by atoms with Gasteiger partial charge in [0.05, 0.1) is 12.7 Å². The second kappa shape index (κ2) is 4.94. The number of carbonyl (C=O) groups is 1. The van der Waals surface area contributed by atoms with Crippen LogP contribution in [-0.2, 0) is 0 Å². The van der Waals surface area contributed by atoms with Gasteiger partial charge in [-0.15, -0.1) is 11.3 Å². The molecule has 0 amide bonds. The lowest BCUT2D eigenvalue weighted by Crippen LogP contribution is -1.96. The number of nitrogens with zero attached hydrogens (tertiary/aromatic N) is 1. The minimum absolute atomic E-state index is 0.0555. The van der Waals surface area contributed by atoms with Crippen molar-refractivity contribution in [3.8, 4) is 16.3 Å². The number of benzene rings is 2. The van der Waals surface area contributed by atoms with Gasteiger partial charge in [-0.25, -0.2) is 9.78 Å². The first-order chi connectivity index (χ1) is 9.70. The second-order valence-corrected chi connectivity index (χ2v) is 5.07. The highest BCUT2D eigenvalue weighted by Gasteiger charge is 2.16. The van der Waals surface area contributed by atoms with Gasteiger partial charge in [0.1, 0.15) is 10.8 Å². The Morgan fingerprint density at radius 2 is 2.05 bits per heavy atom. The van der Waals surface area contributed by atoms with E-state index in [1.165, 1.54) is 11.3 Å². The third-order valence-electron chi connectivity index (χ3n) is 3.05. The summed E-state index contributed by atoms with van der Waals surface area (Å²) in [4.78, 5) is 15.2. The third kappa shape index (κ3) is 2.02. The molecule has 100 valence electrons. The standard InChI is InChI=1S/C15H11NO3S/c1-19-12-7-6-9-4-2-3-5-10(9)13(12)14-16-11(8-20-14)15(17)18/h2-8H,1H3,(H,17,18). The minimum atomic E-state index is -1.02. The van der Waals surface area contributed by atoms with Gasteiger partial charge in [0, 0.05) is 5.38 Å². The van der Waals surface area contributed by atoms with Crippen LogP contribution in [-0.4, -0.2) is 23.2 Å². The van der Waals surface area contributed by atoms with Gasteiger partial charge in [-0.3, -0.25) is 0 Å². The predicted molar refractivity (Wildman–Crippen MR) is 78.6 cm³/mol. The fourth-order valence-electron chi connectivity index (χ4n) is 2.13. The van der Waals surface area contributed by atoms with Gasteiger partial charge >= 0.3 is 5.97 Å². The molecule has 3 rings (SSSR count). The Hall–Kier alpha value is -2.40. The van der Waals surface area contributed by atoms with E-state index in [2.05, 4.69) is 4.98 Å². The molecule has 0 aliphatic carbocycles. The van der Waals surface area contributed by atoms with E-state index < -0.39 is 5.97 Å². The zero-order valence-electron chi connectivity index (χ0n) is 10.7. The van der Waals surface area contributed by atoms with Crippen LogP contribution in [0.2, 0.25) is 0 Å². The van der Waals surface area contributed by atoms with E-state index in [1.54, 1.807) is 12.5 Å². The van der Waals surface area contributed by atoms with Crippen LogP contribution in [0.4, 0.5) is 0 Å². The monoisotopic (exact) mass is 285 g/mol. The molecule has 0 atom stereocenters. The van der Waals surface area contributed by atoms with Gasteiger partial charge in [-0.2, -0.15) is 0 Å². The van der Waals surface area contributed by atoms with Crippen LogP contribution in [0, 0.1) is 0 Å². The normalized spacial score (nSPS) is 10.7. The Morgan fingerprint density at radius 3 is 2.75 bits per heavy atom. The van der Waals surface area contributed by atoms with Crippen molar-refractivity contribution >= 4 is 28.1 Å². The van der Waals surface area contributed by atoms with Gasteiger partial charge in [0.15, 0.2) is 5.69 Å². The van der Waals surface area contributed by atoms with Crippen molar-refractivity contribution < 1.29 is 14.6 Å². The number of carboxylic acids is 1. The average molecular weight is 285 g/mol. The molecular weight excluding hydrogens is 274 g/mol. The molecule has 0 saturated carbocycles. The van der Waals surface area contributed by atoms with Gasteiger partial charge in [-0.1, -0.05) is 30.3 Å².